The topological polar surface area (TPSA) is 70.3 Å². The quantitative estimate of drug-likeness (QED) is 0.758. The van der Waals surface area contributed by atoms with Crippen LogP contribution in [0.25, 0.3) is 0 Å². The molecule has 0 saturated heterocycles. The summed E-state index contributed by atoms with van der Waals surface area (Å²) < 4.78 is 39.2. The molecule has 4 nitrogen and oxygen atoms in total. The van der Waals surface area contributed by atoms with E-state index < -0.39 is 9.84 Å². The third-order valence-corrected chi connectivity index (χ3v) is 8.08. The Bertz CT molecular complexity index is 900. The van der Waals surface area contributed by atoms with E-state index in [2.05, 4.69) is 11.1 Å². The van der Waals surface area contributed by atoms with Crippen molar-refractivity contribution in [3.05, 3.63) is 46.8 Å². The molecule has 3 rings (SSSR count). The van der Waals surface area contributed by atoms with Gasteiger partial charge in [-0.15, -0.1) is 0 Å². The number of sulfone groups is 1. The van der Waals surface area contributed by atoms with Crippen LogP contribution in [-0.2, 0) is 9.84 Å². The number of nitrogens with zero attached hydrogens (tertiary/aromatic N) is 2. The molecule has 27 heavy (non-hydrogen) atoms. The highest BCUT2D eigenvalue weighted by Gasteiger charge is 2.32. The Hall–Kier alpha value is -2.00. The summed E-state index contributed by atoms with van der Waals surface area (Å²) in [4.78, 5) is 4.39. The second-order valence-corrected chi connectivity index (χ2v) is 10.4. The molecule has 144 valence electrons. The number of nitriles is 1. The summed E-state index contributed by atoms with van der Waals surface area (Å²) in [5.74, 6) is 0.324. The zero-order valence-electron chi connectivity index (χ0n) is 15.8. The molecule has 1 aromatic rings. The maximum absolute atomic E-state index is 15.0. The van der Waals surface area contributed by atoms with E-state index in [0.717, 1.165) is 31.3 Å². The van der Waals surface area contributed by atoms with Gasteiger partial charge in [-0.2, -0.15) is 5.26 Å². The maximum Gasteiger partial charge on any atom is 0.152 e. The van der Waals surface area contributed by atoms with Gasteiger partial charge < -0.3 is 0 Å². The summed E-state index contributed by atoms with van der Waals surface area (Å²) >= 11 is 0. The lowest BCUT2D eigenvalue weighted by molar-refractivity contribution is 0.316. The van der Waals surface area contributed by atoms with Gasteiger partial charge in [-0.05, 0) is 69.1 Å². The van der Waals surface area contributed by atoms with Gasteiger partial charge in [0, 0.05) is 5.56 Å². The Balaban J connectivity index is 1.65. The molecule has 1 heterocycles. The normalized spacial score (nSPS) is 23.4. The largest absolute Gasteiger partial charge is 0.277 e. The van der Waals surface area contributed by atoms with Crippen LogP contribution in [0.3, 0.4) is 0 Å². The molecular formula is C21H25FN2O2S. The van der Waals surface area contributed by atoms with Gasteiger partial charge >= 0.3 is 0 Å². The number of rotatable bonds is 5. The molecule has 1 aliphatic carbocycles. The predicted molar refractivity (Wildman–Crippen MR) is 105 cm³/mol. The number of benzene rings is 1. The third kappa shape index (κ3) is 4.30. The lowest BCUT2D eigenvalue weighted by Gasteiger charge is -2.29. The number of hydrogen-bond acceptors (Lipinski definition) is 4. The SMILES string of the molecule is CC(C)S(=O)(=O)CC1CCC(C2=C(F)C(c3ccc(C#N)cc3)=NC2)CC1. The lowest BCUT2D eigenvalue weighted by Crippen LogP contribution is -2.27. The highest BCUT2D eigenvalue weighted by atomic mass is 32.2. The summed E-state index contributed by atoms with van der Waals surface area (Å²) in [6, 6.07) is 8.85. The second-order valence-electron chi connectivity index (χ2n) is 7.79. The van der Waals surface area contributed by atoms with Gasteiger partial charge in [0.1, 0.15) is 11.5 Å². The van der Waals surface area contributed by atoms with Crippen molar-refractivity contribution in [2.24, 2.45) is 16.8 Å². The second kappa shape index (κ2) is 7.93. The molecule has 0 amide bonds. The van der Waals surface area contributed by atoms with E-state index in [1.165, 1.54) is 0 Å². The van der Waals surface area contributed by atoms with Gasteiger partial charge in [0.15, 0.2) is 9.84 Å². The minimum Gasteiger partial charge on any atom is -0.277 e. The summed E-state index contributed by atoms with van der Waals surface area (Å²) in [5.41, 5.74) is 2.35. The van der Waals surface area contributed by atoms with Crippen molar-refractivity contribution in [3.63, 3.8) is 0 Å². The predicted octanol–water partition coefficient (Wildman–Crippen LogP) is 4.21. The Morgan fingerprint density at radius 3 is 2.37 bits per heavy atom. The van der Waals surface area contributed by atoms with Crippen molar-refractivity contribution >= 4 is 15.5 Å². The lowest BCUT2D eigenvalue weighted by atomic mass is 9.79. The Morgan fingerprint density at radius 2 is 1.81 bits per heavy atom. The fraction of sp³-hybridized carbons (Fsp3) is 0.524. The van der Waals surface area contributed by atoms with E-state index in [1.54, 1.807) is 38.1 Å². The molecule has 0 atom stereocenters. The smallest absolute Gasteiger partial charge is 0.152 e. The van der Waals surface area contributed by atoms with Crippen molar-refractivity contribution in [1.82, 2.24) is 0 Å². The first-order valence-corrected chi connectivity index (χ1v) is 11.2. The molecule has 0 spiro atoms. The Morgan fingerprint density at radius 1 is 1.19 bits per heavy atom. The summed E-state index contributed by atoms with van der Waals surface area (Å²) in [5, 5.41) is 8.54. The van der Waals surface area contributed by atoms with E-state index in [0.29, 0.717) is 23.4 Å². The van der Waals surface area contributed by atoms with Gasteiger partial charge in [0.25, 0.3) is 0 Å². The van der Waals surface area contributed by atoms with E-state index in [4.69, 9.17) is 5.26 Å². The molecule has 1 aromatic carbocycles. The van der Waals surface area contributed by atoms with Crippen molar-refractivity contribution in [2.45, 2.75) is 44.8 Å². The van der Waals surface area contributed by atoms with Crippen molar-refractivity contribution in [2.75, 3.05) is 12.3 Å². The maximum atomic E-state index is 15.0. The standard InChI is InChI=1S/C21H25FN2O2S/c1-14(2)27(25,26)13-16-5-7-17(8-6-16)19-12-24-21(20(19)22)18-9-3-15(11-23)4-10-18/h3-4,9-10,14,16-17H,5-8,12-13H2,1-2H3. The first kappa shape index (κ1) is 19.8. The fourth-order valence-corrected chi connectivity index (χ4v) is 5.26. The third-order valence-electron chi connectivity index (χ3n) is 5.71. The molecule has 0 bridgehead atoms. The molecule has 6 heteroatoms. The molecule has 0 radical (unpaired) electrons. The molecule has 2 aliphatic rings. The van der Waals surface area contributed by atoms with Crippen LogP contribution >= 0.6 is 0 Å². The van der Waals surface area contributed by atoms with E-state index in [-0.39, 0.29) is 28.7 Å². The Kier molecular flexibility index (Phi) is 5.81. The van der Waals surface area contributed by atoms with E-state index >= 15 is 0 Å². The monoisotopic (exact) mass is 388 g/mol. The van der Waals surface area contributed by atoms with Gasteiger partial charge in [0.05, 0.1) is 29.2 Å². The first-order valence-electron chi connectivity index (χ1n) is 9.47. The summed E-state index contributed by atoms with van der Waals surface area (Å²) in [6.45, 7) is 3.82. The average molecular weight is 389 g/mol. The van der Waals surface area contributed by atoms with E-state index in [1.807, 2.05) is 0 Å². The minimum absolute atomic E-state index is 0.141. The zero-order valence-corrected chi connectivity index (χ0v) is 16.6. The van der Waals surface area contributed by atoms with Crippen LogP contribution in [0.5, 0.6) is 0 Å². The number of aliphatic imine (C=N–C) groups is 1. The fourth-order valence-electron chi connectivity index (χ4n) is 3.88. The Labute approximate surface area is 160 Å². The zero-order chi connectivity index (χ0) is 19.6. The average Bonchev–Trinajstić information content (AvgIpc) is 3.03. The summed E-state index contributed by atoms with van der Waals surface area (Å²) in [7, 11) is -3.03. The molecule has 0 unspecified atom stereocenters. The van der Waals surface area contributed by atoms with Gasteiger partial charge in [-0.1, -0.05) is 12.1 Å². The number of halogens is 1. The molecular weight excluding hydrogens is 363 g/mol. The van der Waals surface area contributed by atoms with Crippen LogP contribution in [0, 0.1) is 23.2 Å². The van der Waals surface area contributed by atoms with Crippen LogP contribution < -0.4 is 0 Å². The van der Waals surface area contributed by atoms with Gasteiger partial charge in [0.2, 0.25) is 0 Å². The first-order chi connectivity index (χ1) is 12.8. The molecule has 1 aliphatic heterocycles. The highest BCUT2D eigenvalue weighted by Crippen LogP contribution is 2.38. The molecule has 0 N–H and O–H groups in total. The minimum atomic E-state index is -3.03. The van der Waals surface area contributed by atoms with Crippen LogP contribution in [0.2, 0.25) is 0 Å². The van der Waals surface area contributed by atoms with Crippen molar-refractivity contribution in [1.29, 1.82) is 5.26 Å². The van der Waals surface area contributed by atoms with Crippen LogP contribution in [0.15, 0.2) is 40.7 Å². The number of allylic oxidation sites excluding steroid dienone is 1. The molecule has 0 aromatic heterocycles. The van der Waals surface area contributed by atoms with Crippen LogP contribution in [0.1, 0.15) is 50.7 Å². The number of hydrogen-bond donors (Lipinski definition) is 0. The van der Waals surface area contributed by atoms with Crippen molar-refractivity contribution < 1.29 is 12.8 Å². The van der Waals surface area contributed by atoms with Gasteiger partial charge in [-0.3, -0.25) is 4.99 Å². The van der Waals surface area contributed by atoms with Crippen LogP contribution in [-0.4, -0.2) is 31.7 Å². The molecule has 1 fully saturated rings. The highest BCUT2D eigenvalue weighted by molar-refractivity contribution is 7.91. The molecule has 1 saturated carbocycles. The summed E-state index contributed by atoms with van der Waals surface area (Å²) in [6.07, 6.45) is 3.27. The van der Waals surface area contributed by atoms with Crippen molar-refractivity contribution in [3.8, 4) is 6.07 Å². The van der Waals surface area contributed by atoms with E-state index in [9.17, 15) is 12.8 Å². The van der Waals surface area contributed by atoms with Gasteiger partial charge in [-0.25, -0.2) is 12.8 Å². The van der Waals surface area contributed by atoms with Crippen LogP contribution in [0.4, 0.5) is 4.39 Å².